The standard InChI is InChI=1S/C25H25Cl3N4O2S/c1-15-21(14-32-11-9-31(2)10-12-32)35-23(22(15)28)25(34)30-20-8-5-17(27)13-19(20)24(33)29-18-6-3-16(26)4-7-18/h3-8,13H,9-12,14H2,1-2H3,(H,29,33)(H,30,34). The van der Waals surface area contributed by atoms with E-state index in [-0.39, 0.29) is 11.5 Å². The summed E-state index contributed by atoms with van der Waals surface area (Å²) in [5.41, 5.74) is 2.07. The molecule has 0 aliphatic carbocycles. The highest BCUT2D eigenvalue weighted by atomic mass is 35.5. The summed E-state index contributed by atoms with van der Waals surface area (Å²) in [5, 5.41) is 7.03. The fourth-order valence-electron chi connectivity index (χ4n) is 3.77. The van der Waals surface area contributed by atoms with Crippen molar-refractivity contribution in [1.82, 2.24) is 9.80 Å². The van der Waals surface area contributed by atoms with Crippen LogP contribution in [0.5, 0.6) is 0 Å². The van der Waals surface area contributed by atoms with Gasteiger partial charge in [0.2, 0.25) is 0 Å². The molecule has 35 heavy (non-hydrogen) atoms. The maximum absolute atomic E-state index is 13.2. The van der Waals surface area contributed by atoms with Crippen molar-refractivity contribution in [3.8, 4) is 0 Å². The number of piperazine rings is 1. The molecule has 2 N–H and O–H groups in total. The van der Waals surface area contributed by atoms with Crippen LogP contribution in [0.25, 0.3) is 0 Å². The van der Waals surface area contributed by atoms with Crippen LogP contribution in [-0.2, 0) is 6.54 Å². The van der Waals surface area contributed by atoms with Gasteiger partial charge >= 0.3 is 0 Å². The Morgan fingerprint density at radius 3 is 2.26 bits per heavy atom. The third-order valence-electron chi connectivity index (χ3n) is 5.92. The number of thiophene rings is 1. The fraction of sp³-hybridized carbons (Fsp3) is 0.280. The van der Waals surface area contributed by atoms with Crippen molar-refractivity contribution < 1.29 is 9.59 Å². The molecule has 0 spiro atoms. The van der Waals surface area contributed by atoms with Crippen LogP contribution in [0.15, 0.2) is 42.5 Å². The van der Waals surface area contributed by atoms with Gasteiger partial charge in [-0.3, -0.25) is 14.5 Å². The number of rotatable bonds is 6. The number of anilines is 2. The van der Waals surface area contributed by atoms with Crippen LogP contribution in [0.1, 0.15) is 30.5 Å². The monoisotopic (exact) mass is 550 g/mol. The first kappa shape index (κ1) is 25.9. The summed E-state index contributed by atoms with van der Waals surface area (Å²) >= 11 is 20.0. The van der Waals surface area contributed by atoms with Gasteiger partial charge in [0.25, 0.3) is 11.8 Å². The lowest BCUT2D eigenvalue weighted by Crippen LogP contribution is -2.43. The molecule has 2 aromatic carbocycles. The highest BCUT2D eigenvalue weighted by Gasteiger charge is 2.23. The minimum absolute atomic E-state index is 0.239. The van der Waals surface area contributed by atoms with E-state index in [0.717, 1.165) is 43.2 Å². The van der Waals surface area contributed by atoms with Crippen LogP contribution in [0.4, 0.5) is 11.4 Å². The summed E-state index contributed by atoms with van der Waals surface area (Å²) in [4.78, 5) is 32.3. The zero-order chi connectivity index (χ0) is 25.1. The number of likely N-dealkylation sites (N-methyl/N-ethyl adjacent to an activating group) is 1. The van der Waals surface area contributed by atoms with Gasteiger partial charge < -0.3 is 15.5 Å². The van der Waals surface area contributed by atoms with Crippen molar-refractivity contribution in [3.63, 3.8) is 0 Å². The number of carbonyl (C=O) groups is 2. The molecule has 10 heteroatoms. The van der Waals surface area contributed by atoms with E-state index in [1.54, 1.807) is 36.4 Å². The third kappa shape index (κ3) is 6.36. The highest BCUT2D eigenvalue weighted by Crippen LogP contribution is 2.34. The predicted molar refractivity (Wildman–Crippen MR) is 146 cm³/mol. The molecule has 1 fully saturated rings. The zero-order valence-corrected chi connectivity index (χ0v) is 22.4. The van der Waals surface area contributed by atoms with E-state index in [1.165, 1.54) is 17.4 Å². The largest absolute Gasteiger partial charge is 0.322 e. The maximum atomic E-state index is 13.2. The highest BCUT2D eigenvalue weighted by molar-refractivity contribution is 7.15. The molecule has 1 aromatic heterocycles. The smallest absolute Gasteiger partial charge is 0.267 e. The van der Waals surface area contributed by atoms with Crippen LogP contribution in [0.2, 0.25) is 15.1 Å². The normalized spacial score (nSPS) is 14.7. The van der Waals surface area contributed by atoms with E-state index in [1.807, 2.05) is 6.92 Å². The molecule has 0 bridgehead atoms. The molecule has 1 aliphatic rings. The molecule has 1 aliphatic heterocycles. The van der Waals surface area contributed by atoms with Crippen LogP contribution in [0.3, 0.4) is 0 Å². The fourth-order valence-corrected chi connectivity index (χ4v) is 5.57. The molecule has 2 amide bonds. The third-order valence-corrected chi connectivity index (χ3v) is 8.26. The second kappa shape index (κ2) is 11.3. The number of hydrogen-bond donors (Lipinski definition) is 2. The molecular weight excluding hydrogens is 527 g/mol. The number of halogens is 3. The molecule has 3 aromatic rings. The Bertz CT molecular complexity index is 1240. The lowest BCUT2D eigenvalue weighted by Gasteiger charge is -2.32. The Kier molecular flexibility index (Phi) is 8.37. The molecule has 0 atom stereocenters. The first-order valence-corrected chi connectivity index (χ1v) is 13.0. The van der Waals surface area contributed by atoms with Gasteiger partial charge in [0.1, 0.15) is 4.88 Å². The van der Waals surface area contributed by atoms with Gasteiger partial charge in [0.05, 0.1) is 16.3 Å². The van der Waals surface area contributed by atoms with Crippen LogP contribution in [-0.4, -0.2) is 54.8 Å². The summed E-state index contributed by atoms with van der Waals surface area (Å²) in [6, 6.07) is 11.5. The molecular formula is C25H25Cl3N4O2S. The second-order valence-corrected chi connectivity index (χ2v) is 10.8. The summed E-state index contributed by atoms with van der Waals surface area (Å²) < 4.78 is 0. The van der Waals surface area contributed by atoms with Crippen LogP contribution >= 0.6 is 46.1 Å². The summed E-state index contributed by atoms with van der Waals surface area (Å²) in [6.45, 7) is 6.68. The number of benzene rings is 2. The van der Waals surface area contributed by atoms with E-state index in [4.69, 9.17) is 34.8 Å². The maximum Gasteiger partial charge on any atom is 0.267 e. The van der Waals surface area contributed by atoms with Crippen molar-refractivity contribution in [2.24, 2.45) is 0 Å². The SMILES string of the molecule is Cc1c(CN2CCN(C)CC2)sc(C(=O)Nc2ccc(Cl)cc2C(=O)Nc2ccc(Cl)cc2)c1Cl. The van der Waals surface area contributed by atoms with Crippen molar-refractivity contribution in [2.75, 3.05) is 43.9 Å². The molecule has 0 saturated carbocycles. The van der Waals surface area contributed by atoms with Crippen molar-refractivity contribution >= 4 is 69.3 Å². The second-order valence-electron chi connectivity index (χ2n) is 8.48. The molecule has 1 saturated heterocycles. The van der Waals surface area contributed by atoms with Crippen molar-refractivity contribution in [1.29, 1.82) is 0 Å². The number of hydrogen-bond acceptors (Lipinski definition) is 5. The number of nitrogens with zero attached hydrogens (tertiary/aromatic N) is 2. The Labute approximate surface area is 223 Å². The quantitative estimate of drug-likeness (QED) is 0.379. The van der Waals surface area contributed by atoms with Gasteiger partial charge in [-0.15, -0.1) is 11.3 Å². The summed E-state index contributed by atoms with van der Waals surface area (Å²) in [5.74, 6) is -0.773. The summed E-state index contributed by atoms with van der Waals surface area (Å²) in [7, 11) is 2.12. The average molecular weight is 552 g/mol. The average Bonchev–Trinajstić information content (AvgIpc) is 3.11. The number of carbonyl (C=O) groups excluding carboxylic acids is 2. The Morgan fingerprint density at radius 1 is 0.914 bits per heavy atom. The van der Waals surface area contributed by atoms with Crippen LogP contribution in [0, 0.1) is 6.92 Å². The van der Waals surface area contributed by atoms with Gasteiger partial charge in [-0.05, 0) is 62.0 Å². The van der Waals surface area contributed by atoms with Crippen molar-refractivity contribution in [3.05, 3.63) is 78.4 Å². The van der Waals surface area contributed by atoms with Gasteiger partial charge in [-0.2, -0.15) is 0 Å². The first-order valence-electron chi connectivity index (χ1n) is 11.1. The predicted octanol–water partition coefficient (Wildman–Crippen LogP) is 6.27. The van der Waals surface area contributed by atoms with Gasteiger partial charge in [-0.25, -0.2) is 0 Å². The first-order chi connectivity index (χ1) is 16.7. The topological polar surface area (TPSA) is 64.7 Å². The van der Waals surface area contributed by atoms with Crippen molar-refractivity contribution in [2.45, 2.75) is 13.5 Å². The summed E-state index contributed by atoms with van der Waals surface area (Å²) in [6.07, 6.45) is 0. The van der Waals surface area contributed by atoms with Gasteiger partial charge in [0.15, 0.2) is 0 Å². The lowest BCUT2D eigenvalue weighted by molar-refractivity contribution is 0.102. The zero-order valence-electron chi connectivity index (χ0n) is 19.3. The van der Waals surface area contributed by atoms with E-state index >= 15 is 0 Å². The molecule has 6 nitrogen and oxygen atoms in total. The molecule has 0 radical (unpaired) electrons. The Balaban J connectivity index is 1.52. The molecule has 0 unspecified atom stereocenters. The van der Waals surface area contributed by atoms with Gasteiger partial charge in [0, 0.05) is 53.3 Å². The van der Waals surface area contributed by atoms with E-state index in [0.29, 0.717) is 31.3 Å². The van der Waals surface area contributed by atoms with E-state index < -0.39 is 5.91 Å². The molecule has 4 rings (SSSR count). The Hall–Kier alpha value is -2.13. The van der Waals surface area contributed by atoms with Crippen LogP contribution < -0.4 is 10.6 Å². The number of nitrogens with one attached hydrogen (secondary N) is 2. The minimum Gasteiger partial charge on any atom is -0.322 e. The number of amides is 2. The van der Waals surface area contributed by atoms with E-state index in [2.05, 4.69) is 27.5 Å². The Morgan fingerprint density at radius 2 is 1.57 bits per heavy atom. The van der Waals surface area contributed by atoms with E-state index in [9.17, 15) is 9.59 Å². The minimum atomic E-state index is -0.408. The molecule has 184 valence electrons. The lowest BCUT2D eigenvalue weighted by atomic mass is 10.1. The molecule has 2 heterocycles. The van der Waals surface area contributed by atoms with Gasteiger partial charge in [-0.1, -0.05) is 34.8 Å².